The van der Waals surface area contributed by atoms with E-state index in [1.54, 1.807) is 37.4 Å². The molecule has 0 atom stereocenters. The van der Waals surface area contributed by atoms with Gasteiger partial charge in [-0.2, -0.15) is 5.26 Å². The Hall–Kier alpha value is -4.21. The number of pyridine rings is 2. The minimum atomic E-state index is -0.524. The van der Waals surface area contributed by atoms with Crippen LogP contribution < -0.4 is 15.6 Å². The van der Waals surface area contributed by atoms with Crippen molar-refractivity contribution in [1.82, 2.24) is 19.2 Å². The molecule has 11 nitrogen and oxygen atoms in total. The SMILES string of the molecule is Cn1c(=O)c(C(=O)NCc2ccc(C#N)cc2)cc2ccnc(OCC3(SN4C(=O)COCC4=O)CC3)c21. The molecule has 1 saturated carbocycles. The summed E-state index contributed by atoms with van der Waals surface area (Å²) in [4.78, 5) is 54.5. The van der Waals surface area contributed by atoms with E-state index in [0.29, 0.717) is 16.5 Å². The van der Waals surface area contributed by atoms with Crippen LogP contribution in [0.15, 0.2) is 47.4 Å². The maximum Gasteiger partial charge on any atom is 0.265 e. The number of rotatable bonds is 8. The van der Waals surface area contributed by atoms with Gasteiger partial charge in [0.1, 0.15) is 30.9 Å². The number of ether oxygens (including phenoxy) is 2. The number of imide groups is 1. The smallest absolute Gasteiger partial charge is 0.265 e. The molecule has 1 aliphatic heterocycles. The number of hydrogen-bond donors (Lipinski definition) is 1. The number of morpholine rings is 1. The summed E-state index contributed by atoms with van der Waals surface area (Å²) in [5, 5.41) is 12.3. The molecule has 0 radical (unpaired) electrons. The Morgan fingerprint density at radius 3 is 2.55 bits per heavy atom. The maximum atomic E-state index is 13.1. The summed E-state index contributed by atoms with van der Waals surface area (Å²) in [6.07, 6.45) is 3.04. The van der Waals surface area contributed by atoms with E-state index in [9.17, 15) is 19.2 Å². The Balaban J connectivity index is 1.32. The minimum Gasteiger partial charge on any atom is -0.475 e. The highest BCUT2D eigenvalue weighted by atomic mass is 32.2. The number of nitrogens with zero attached hydrogens (tertiary/aromatic N) is 4. The Labute approximate surface area is 221 Å². The molecule has 2 aromatic heterocycles. The topological polar surface area (TPSA) is 144 Å². The molecule has 38 heavy (non-hydrogen) atoms. The number of nitrogens with one attached hydrogen (secondary N) is 1. The van der Waals surface area contributed by atoms with Crippen molar-refractivity contribution in [3.8, 4) is 11.9 Å². The van der Waals surface area contributed by atoms with Gasteiger partial charge in [0.25, 0.3) is 23.3 Å². The van der Waals surface area contributed by atoms with Crippen LogP contribution in [0, 0.1) is 11.3 Å². The van der Waals surface area contributed by atoms with E-state index in [-0.39, 0.29) is 37.8 Å². The molecule has 1 saturated heterocycles. The van der Waals surface area contributed by atoms with Gasteiger partial charge in [-0.05, 0) is 54.6 Å². The van der Waals surface area contributed by atoms with Crippen molar-refractivity contribution in [2.45, 2.75) is 24.1 Å². The lowest BCUT2D eigenvalue weighted by atomic mass is 10.1. The fraction of sp³-hybridized carbons (Fsp3) is 0.308. The van der Waals surface area contributed by atoms with Crippen LogP contribution in [-0.4, -0.2) is 56.1 Å². The van der Waals surface area contributed by atoms with Crippen molar-refractivity contribution >= 4 is 40.6 Å². The monoisotopic (exact) mass is 533 g/mol. The lowest BCUT2D eigenvalue weighted by Crippen LogP contribution is -2.43. The zero-order chi connectivity index (χ0) is 26.9. The Morgan fingerprint density at radius 2 is 1.89 bits per heavy atom. The van der Waals surface area contributed by atoms with Gasteiger partial charge in [0, 0.05) is 25.2 Å². The highest BCUT2D eigenvalue weighted by Gasteiger charge is 2.49. The number of hydrogen-bond acceptors (Lipinski definition) is 9. The third kappa shape index (κ3) is 5.11. The van der Waals surface area contributed by atoms with Gasteiger partial charge in [0.05, 0.1) is 16.4 Å². The fourth-order valence-corrected chi connectivity index (χ4v) is 5.12. The van der Waals surface area contributed by atoms with E-state index >= 15 is 0 Å². The van der Waals surface area contributed by atoms with Crippen molar-refractivity contribution in [3.05, 3.63) is 69.6 Å². The van der Waals surface area contributed by atoms with Gasteiger partial charge in [-0.3, -0.25) is 19.2 Å². The van der Waals surface area contributed by atoms with Gasteiger partial charge in [0.2, 0.25) is 5.88 Å². The molecule has 194 valence electrons. The molecule has 1 N–H and O–H groups in total. The van der Waals surface area contributed by atoms with Crippen molar-refractivity contribution in [2.75, 3.05) is 19.8 Å². The second kappa shape index (κ2) is 10.3. The van der Waals surface area contributed by atoms with E-state index in [2.05, 4.69) is 10.3 Å². The number of amides is 3. The van der Waals surface area contributed by atoms with Gasteiger partial charge in [-0.15, -0.1) is 0 Å². The highest BCUT2D eigenvalue weighted by molar-refractivity contribution is 7.99. The average Bonchev–Trinajstić information content (AvgIpc) is 3.70. The first-order chi connectivity index (χ1) is 18.3. The van der Waals surface area contributed by atoms with Crippen LogP contribution in [0.25, 0.3) is 10.9 Å². The van der Waals surface area contributed by atoms with E-state index < -0.39 is 28.0 Å². The Bertz CT molecular complexity index is 1520. The first-order valence-electron chi connectivity index (χ1n) is 11.8. The van der Waals surface area contributed by atoms with Crippen LogP contribution in [0.1, 0.15) is 34.3 Å². The number of fused-ring (bicyclic) bond motifs is 1. The van der Waals surface area contributed by atoms with Crippen molar-refractivity contribution < 1.29 is 23.9 Å². The normalized spacial score (nSPS) is 16.3. The van der Waals surface area contributed by atoms with Crippen LogP contribution in [-0.2, 0) is 27.9 Å². The molecule has 12 heteroatoms. The fourth-order valence-electron chi connectivity index (χ4n) is 4.02. The number of benzene rings is 1. The van der Waals surface area contributed by atoms with E-state index in [1.807, 2.05) is 6.07 Å². The molecule has 0 spiro atoms. The van der Waals surface area contributed by atoms with E-state index in [4.69, 9.17) is 14.7 Å². The van der Waals surface area contributed by atoms with Gasteiger partial charge in [0.15, 0.2) is 0 Å². The molecule has 0 bridgehead atoms. The molecular weight excluding hydrogens is 510 g/mol. The number of carbonyl (C=O) groups excluding carboxylic acids is 3. The quantitative estimate of drug-likeness (QED) is 0.338. The second-order valence-electron chi connectivity index (χ2n) is 9.11. The second-order valence-corrected chi connectivity index (χ2v) is 10.5. The minimum absolute atomic E-state index is 0.0237. The summed E-state index contributed by atoms with van der Waals surface area (Å²) in [5.41, 5.74) is 1.21. The van der Waals surface area contributed by atoms with Gasteiger partial charge >= 0.3 is 0 Å². The predicted octanol–water partition coefficient (Wildman–Crippen LogP) is 1.68. The molecule has 3 heterocycles. The van der Waals surface area contributed by atoms with Crippen molar-refractivity contribution in [2.24, 2.45) is 7.05 Å². The molecule has 2 fully saturated rings. The van der Waals surface area contributed by atoms with Gasteiger partial charge in [-0.1, -0.05) is 12.1 Å². The first-order valence-corrected chi connectivity index (χ1v) is 12.6. The standard InChI is InChI=1S/C26H23N5O6S/c1-30-22-18(10-19(25(30)35)23(34)29-12-17-4-2-16(11-27)3-5-17)6-9-28-24(22)37-15-26(7-8-26)38-31-20(32)13-36-14-21(31)33/h2-6,9-10H,7-8,12-15H2,1H3,(H,29,34). The molecule has 1 aromatic carbocycles. The number of aryl methyl sites for hydroxylation is 1. The summed E-state index contributed by atoms with van der Waals surface area (Å²) in [6, 6.07) is 12.0. The molecule has 1 aliphatic carbocycles. The molecular formula is C26H23N5O6S. The highest BCUT2D eigenvalue weighted by Crippen LogP contribution is 2.50. The largest absolute Gasteiger partial charge is 0.475 e. The van der Waals surface area contributed by atoms with Crippen LogP contribution in [0.5, 0.6) is 5.88 Å². The number of nitriles is 1. The molecule has 3 amide bonds. The van der Waals surface area contributed by atoms with Crippen LogP contribution in [0.2, 0.25) is 0 Å². The molecule has 3 aromatic rings. The molecule has 0 unspecified atom stereocenters. The summed E-state index contributed by atoms with van der Waals surface area (Å²) >= 11 is 1.16. The summed E-state index contributed by atoms with van der Waals surface area (Å²) < 4.78 is 13.0. The van der Waals surface area contributed by atoms with Crippen LogP contribution in [0.4, 0.5) is 0 Å². The van der Waals surface area contributed by atoms with Gasteiger partial charge < -0.3 is 19.4 Å². The Kier molecular flexibility index (Phi) is 6.88. The first kappa shape index (κ1) is 25.4. The zero-order valence-electron chi connectivity index (χ0n) is 20.4. The lowest BCUT2D eigenvalue weighted by molar-refractivity contribution is -0.150. The Morgan fingerprint density at radius 1 is 1.18 bits per heavy atom. The molecule has 5 rings (SSSR count). The summed E-state index contributed by atoms with van der Waals surface area (Å²) in [7, 11) is 1.54. The average molecular weight is 534 g/mol. The van der Waals surface area contributed by atoms with E-state index in [0.717, 1.165) is 34.7 Å². The van der Waals surface area contributed by atoms with Crippen LogP contribution in [0.3, 0.4) is 0 Å². The zero-order valence-corrected chi connectivity index (χ0v) is 21.2. The summed E-state index contributed by atoms with van der Waals surface area (Å²) in [5.74, 6) is -1.09. The number of aromatic nitrogens is 2. The lowest BCUT2D eigenvalue weighted by Gasteiger charge is -2.27. The van der Waals surface area contributed by atoms with Crippen LogP contribution >= 0.6 is 11.9 Å². The number of carbonyl (C=O) groups is 3. The summed E-state index contributed by atoms with van der Waals surface area (Å²) in [6.45, 7) is 0.116. The van der Waals surface area contributed by atoms with Crippen molar-refractivity contribution in [3.63, 3.8) is 0 Å². The third-order valence-electron chi connectivity index (χ3n) is 6.34. The molecule has 2 aliphatic rings. The maximum absolute atomic E-state index is 13.1. The predicted molar refractivity (Wildman–Crippen MR) is 137 cm³/mol. The van der Waals surface area contributed by atoms with Crippen molar-refractivity contribution in [1.29, 1.82) is 5.26 Å². The third-order valence-corrected chi connectivity index (χ3v) is 7.84. The van der Waals surface area contributed by atoms with Gasteiger partial charge in [-0.25, -0.2) is 9.29 Å². The van der Waals surface area contributed by atoms with E-state index in [1.165, 1.54) is 16.8 Å².